The number of nitrogens with one attached hydrogen (secondary N) is 2. The maximum Gasteiger partial charge on any atom is 0.281 e. The van der Waals surface area contributed by atoms with Gasteiger partial charge in [-0.3, -0.25) is 10.6 Å². The highest BCUT2D eigenvalue weighted by Gasteiger charge is 2.21. The lowest BCUT2D eigenvalue weighted by atomic mass is 10.3. The largest absolute Gasteiger partial charge is 0.495 e. The van der Waals surface area contributed by atoms with Gasteiger partial charge < -0.3 is 10.2 Å². The molecule has 0 bridgehead atoms. The number of hydrogen-bond acceptors (Lipinski definition) is 6. The molecule has 0 unspecified atom stereocenters. The second-order valence-electron chi connectivity index (χ2n) is 3.95. The Balaban J connectivity index is 2.45. The lowest BCUT2D eigenvalue weighted by Gasteiger charge is -2.13. The molecule has 21 heavy (non-hydrogen) atoms. The zero-order valence-corrected chi connectivity index (χ0v) is 13.4. The Morgan fingerprint density at radius 1 is 1.29 bits per heavy atom. The highest BCUT2D eigenvalue weighted by molar-refractivity contribution is 9.10. The summed E-state index contributed by atoms with van der Waals surface area (Å²) in [5.74, 6) is 5.70. The number of rotatable bonds is 5. The number of ether oxygens (including phenoxy) is 1. The molecule has 2 aromatic rings. The van der Waals surface area contributed by atoms with Gasteiger partial charge in [0.15, 0.2) is 0 Å². The number of benzene rings is 1. The molecule has 7 nitrogen and oxygen atoms in total. The first-order valence-corrected chi connectivity index (χ1v) is 8.03. The van der Waals surface area contributed by atoms with E-state index in [1.54, 1.807) is 24.3 Å². The molecule has 0 fully saturated rings. The van der Waals surface area contributed by atoms with Crippen LogP contribution >= 0.6 is 15.9 Å². The fourth-order valence-electron chi connectivity index (χ4n) is 1.67. The number of hydrogen-bond donors (Lipinski definition) is 3. The predicted molar refractivity (Wildman–Crippen MR) is 83.5 cm³/mol. The normalized spacial score (nSPS) is 11.0. The third-order valence-electron chi connectivity index (χ3n) is 2.59. The van der Waals surface area contributed by atoms with Crippen LogP contribution < -0.4 is 20.7 Å². The average Bonchev–Trinajstić information content (AvgIpc) is 2.47. The molecule has 0 spiro atoms. The van der Waals surface area contributed by atoms with Crippen molar-refractivity contribution in [1.82, 2.24) is 4.98 Å². The smallest absolute Gasteiger partial charge is 0.281 e. The third kappa shape index (κ3) is 3.43. The number of nitrogen functional groups attached to an aromatic ring is 1. The van der Waals surface area contributed by atoms with E-state index in [4.69, 9.17) is 10.6 Å². The van der Waals surface area contributed by atoms with Crippen LogP contribution in [-0.2, 0) is 10.0 Å². The average molecular weight is 373 g/mol. The maximum absolute atomic E-state index is 12.4. The standard InChI is InChI=1S/C12H13BrN4O3S/c1-20-11-5-4-8(13)7-10(11)17-21(18,19)12-9(16-14)3-2-6-15-12/h2-7,16-17H,14H2,1H3. The van der Waals surface area contributed by atoms with E-state index in [9.17, 15) is 8.42 Å². The first-order valence-electron chi connectivity index (χ1n) is 5.76. The predicted octanol–water partition coefficient (Wildman–Crippen LogP) is 1.94. The van der Waals surface area contributed by atoms with Gasteiger partial charge in [-0.15, -0.1) is 0 Å². The molecule has 0 amide bonds. The minimum atomic E-state index is -3.91. The van der Waals surface area contributed by atoms with Gasteiger partial charge in [0.25, 0.3) is 10.0 Å². The van der Waals surface area contributed by atoms with Gasteiger partial charge in [-0.1, -0.05) is 15.9 Å². The summed E-state index contributed by atoms with van der Waals surface area (Å²) in [7, 11) is -2.46. The van der Waals surface area contributed by atoms with Crippen molar-refractivity contribution in [3.63, 3.8) is 0 Å². The van der Waals surface area contributed by atoms with Crippen molar-refractivity contribution in [3.05, 3.63) is 41.0 Å². The van der Waals surface area contributed by atoms with Crippen LogP contribution in [0.1, 0.15) is 0 Å². The molecular formula is C12H13BrN4O3S. The Morgan fingerprint density at radius 3 is 2.71 bits per heavy atom. The summed E-state index contributed by atoms with van der Waals surface area (Å²) in [6.45, 7) is 0. The van der Waals surface area contributed by atoms with Crippen molar-refractivity contribution in [3.8, 4) is 5.75 Å². The molecule has 0 saturated carbocycles. The molecule has 0 saturated heterocycles. The third-order valence-corrected chi connectivity index (χ3v) is 4.40. The fourth-order valence-corrected chi connectivity index (χ4v) is 3.19. The molecule has 1 aromatic heterocycles. The van der Waals surface area contributed by atoms with Crippen LogP contribution in [0.4, 0.5) is 11.4 Å². The van der Waals surface area contributed by atoms with Crippen molar-refractivity contribution in [2.24, 2.45) is 5.84 Å². The lowest BCUT2D eigenvalue weighted by molar-refractivity contribution is 0.417. The van der Waals surface area contributed by atoms with Gasteiger partial charge in [-0.05, 0) is 30.3 Å². The highest BCUT2D eigenvalue weighted by atomic mass is 79.9. The van der Waals surface area contributed by atoms with Gasteiger partial charge in [0.1, 0.15) is 5.75 Å². The molecule has 0 aliphatic carbocycles. The van der Waals surface area contributed by atoms with Crippen molar-refractivity contribution in [1.29, 1.82) is 0 Å². The summed E-state index contributed by atoms with van der Waals surface area (Å²) in [6, 6.07) is 8.06. The molecule has 0 aliphatic heterocycles. The Kier molecular flexibility index (Phi) is 4.66. The number of aromatic nitrogens is 1. The van der Waals surface area contributed by atoms with Crippen molar-refractivity contribution >= 4 is 37.3 Å². The van der Waals surface area contributed by atoms with E-state index >= 15 is 0 Å². The SMILES string of the molecule is COc1ccc(Br)cc1NS(=O)(=O)c1ncccc1NN. The van der Waals surface area contributed by atoms with Crippen LogP contribution in [0.15, 0.2) is 46.0 Å². The summed E-state index contributed by atoms with van der Waals surface area (Å²) >= 11 is 3.28. The monoisotopic (exact) mass is 372 g/mol. The minimum absolute atomic E-state index is 0.193. The molecule has 0 radical (unpaired) electrons. The van der Waals surface area contributed by atoms with E-state index in [2.05, 4.69) is 31.1 Å². The molecule has 9 heteroatoms. The fraction of sp³-hybridized carbons (Fsp3) is 0.0833. The summed E-state index contributed by atoms with van der Waals surface area (Å²) in [6.07, 6.45) is 1.37. The first kappa shape index (κ1) is 15.5. The van der Waals surface area contributed by atoms with Crippen LogP contribution in [0.2, 0.25) is 0 Å². The van der Waals surface area contributed by atoms with E-state index in [-0.39, 0.29) is 10.7 Å². The molecule has 1 heterocycles. The van der Waals surface area contributed by atoms with Crippen LogP contribution in [0.25, 0.3) is 0 Å². The molecule has 0 atom stereocenters. The highest BCUT2D eigenvalue weighted by Crippen LogP contribution is 2.30. The molecule has 0 aliphatic rings. The number of pyridine rings is 1. The Labute approximate surface area is 130 Å². The van der Waals surface area contributed by atoms with Gasteiger partial charge in [0, 0.05) is 10.7 Å². The quantitative estimate of drug-likeness (QED) is 0.546. The van der Waals surface area contributed by atoms with Crippen molar-refractivity contribution in [2.45, 2.75) is 5.03 Å². The van der Waals surface area contributed by atoms with E-state index < -0.39 is 10.0 Å². The summed E-state index contributed by atoms with van der Waals surface area (Å²) < 4.78 is 33.1. The van der Waals surface area contributed by atoms with Crippen LogP contribution in [0.5, 0.6) is 5.75 Å². The minimum Gasteiger partial charge on any atom is -0.495 e. The number of nitrogens with zero attached hydrogens (tertiary/aromatic N) is 1. The molecular weight excluding hydrogens is 360 g/mol. The van der Waals surface area contributed by atoms with Crippen LogP contribution in [0.3, 0.4) is 0 Å². The topological polar surface area (TPSA) is 106 Å². The Bertz CT molecular complexity index is 752. The van der Waals surface area contributed by atoms with Gasteiger partial charge in [-0.25, -0.2) is 4.98 Å². The summed E-state index contributed by atoms with van der Waals surface area (Å²) in [5, 5.41) is -0.200. The molecule has 1 aromatic carbocycles. The maximum atomic E-state index is 12.4. The van der Waals surface area contributed by atoms with Gasteiger partial charge >= 0.3 is 0 Å². The van der Waals surface area contributed by atoms with E-state index in [0.717, 1.165) is 0 Å². The molecule has 4 N–H and O–H groups in total. The zero-order valence-electron chi connectivity index (χ0n) is 11.0. The zero-order chi connectivity index (χ0) is 15.5. The van der Waals surface area contributed by atoms with E-state index in [1.165, 1.54) is 19.4 Å². The Morgan fingerprint density at radius 2 is 2.05 bits per heavy atom. The summed E-state index contributed by atoms with van der Waals surface area (Å²) in [4.78, 5) is 3.85. The first-order chi connectivity index (χ1) is 9.97. The van der Waals surface area contributed by atoms with Crippen LogP contribution in [0, 0.1) is 0 Å². The van der Waals surface area contributed by atoms with Crippen molar-refractivity contribution < 1.29 is 13.2 Å². The number of methoxy groups -OCH3 is 1. The van der Waals surface area contributed by atoms with Gasteiger partial charge in [0.2, 0.25) is 5.03 Å². The van der Waals surface area contributed by atoms with Gasteiger partial charge in [-0.2, -0.15) is 8.42 Å². The number of nitrogens with two attached hydrogens (primary N) is 1. The van der Waals surface area contributed by atoms with Crippen molar-refractivity contribution in [2.75, 3.05) is 17.3 Å². The number of halogens is 1. The summed E-state index contributed by atoms with van der Waals surface area (Å²) in [5.41, 5.74) is 2.79. The number of hydrazine groups is 1. The number of anilines is 2. The number of sulfonamides is 1. The van der Waals surface area contributed by atoms with Crippen LogP contribution in [-0.4, -0.2) is 20.5 Å². The Hall–Kier alpha value is -1.84. The molecule has 2 rings (SSSR count). The lowest BCUT2D eigenvalue weighted by Crippen LogP contribution is -2.19. The second kappa shape index (κ2) is 6.29. The second-order valence-corrected chi connectivity index (χ2v) is 6.46. The molecule has 112 valence electrons. The van der Waals surface area contributed by atoms with E-state index in [0.29, 0.717) is 15.9 Å². The van der Waals surface area contributed by atoms with Gasteiger partial charge in [0.05, 0.1) is 18.5 Å². The van der Waals surface area contributed by atoms with E-state index in [1.807, 2.05) is 0 Å².